The van der Waals surface area contributed by atoms with Gasteiger partial charge in [-0.1, -0.05) is 37.3 Å². The number of nitrogens with two attached hydrogens (primary N) is 1. The Labute approximate surface area is 161 Å². The van der Waals surface area contributed by atoms with Crippen molar-refractivity contribution in [3.05, 3.63) is 71.8 Å². The molecule has 0 saturated carbocycles. The molecule has 28 heavy (non-hydrogen) atoms. The Morgan fingerprint density at radius 1 is 1.11 bits per heavy atom. The molecule has 0 aliphatic heterocycles. The highest BCUT2D eigenvalue weighted by molar-refractivity contribution is 5.99. The number of carbonyl (C=O) groups is 1. The molecule has 0 aliphatic carbocycles. The third-order valence-electron chi connectivity index (χ3n) is 4.33. The Morgan fingerprint density at radius 2 is 1.93 bits per heavy atom. The summed E-state index contributed by atoms with van der Waals surface area (Å²) in [5.74, 6) is 1.59. The monoisotopic (exact) mass is 373 g/mol. The molecule has 0 bridgehead atoms. The number of aryl methyl sites for hydroxylation is 1. The molecule has 0 atom stereocenters. The van der Waals surface area contributed by atoms with Crippen LogP contribution in [0.25, 0.3) is 17.2 Å². The average molecular weight is 373 g/mol. The number of carbonyl (C=O) groups excluding carboxylic acids is 1. The molecular weight excluding hydrogens is 354 g/mol. The van der Waals surface area contributed by atoms with Crippen molar-refractivity contribution in [2.45, 2.75) is 19.9 Å². The standard InChI is InChI=1S/C20H19N7O/c1-2-16-24-18(26-20(25-16)23-11-13-7-4-3-5-8-13)19-22-12-15-14(17(21)28)9-6-10-27(15)19/h3-10,12H,2,11H2,1H3,(H2,21,28)(H,23,24,25,26). The van der Waals surface area contributed by atoms with E-state index in [4.69, 9.17) is 5.73 Å². The lowest BCUT2D eigenvalue weighted by Crippen LogP contribution is -2.12. The van der Waals surface area contributed by atoms with Gasteiger partial charge in [0.05, 0.1) is 17.3 Å². The van der Waals surface area contributed by atoms with Gasteiger partial charge in [-0.25, -0.2) is 9.97 Å². The number of nitrogens with zero attached hydrogens (tertiary/aromatic N) is 5. The molecule has 4 rings (SSSR count). The SMILES string of the molecule is CCc1nc(NCc2ccccc2)nc(-c2ncc3c(C(N)=O)cccn23)n1. The number of pyridine rings is 1. The summed E-state index contributed by atoms with van der Waals surface area (Å²) in [6.07, 6.45) is 4.06. The number of primary amides is 1. The van der Waals surface area contributed by atoms with Crippen LogP contribution in [0.5, 0.6) is 0 Å². The molecule has 3 aromatic heterocycles. The van der Waals surface area contributed by atoms with Crippen LogP contribution in [0.4, 0.5) is 5.95 Å². The van der Waals surface area contributed by atoms with Crippen molar-refractivity contribution < 1.29 is 4.79 Å². The second-order valence-electron chi connectivity index (χ2n) is 6.21. The van der Waals surface area contributed by atoms with E-state index in [0.717, 1.165) is 5.56 Å². The van der Waals surface area contributed by atoms with Crippen molar-refractivity contribution in [2.75, 3.05) is 5.32 Å². The summed E-state index contributed by atoms with van der Waals surface area (Å²) in [5.41, 5.74) is 7.60. The smallest absolute Gasteiger partial charge is 0.250 e. The number of rotatable bonds is 6. The third-order valence-corrected chi connectivity index (χ3v) is 4.33. The van der Waals surface area contributed by atoms with Crippen LogP contribution in [-0.4, -0.2) is 30.2 Å². The van der Waals surface area contributed by atoms with Crippen LogP contribution in [-0.2, 0) is 13.0 Å². The Balaban J connectivity index is 1.73. The average Bonchev–Trinajstić information content (AvgIpc) is 3.17. The van der Waals surface area contributed by atoms with Crippen LogP contribution in [0.3, 0.4) is 0 Å². The Hall–Kier alpha value is -3.81. The lowest BCUT2D eigenvalue weighted by atomic mass is 10.2. The highest BCUT2D eigenvalue weighted by atomic mass is 16.1. The van der Waals surface area contributed by atoms with Crippen LogP contribution in [0.15, 0.2) is 54.9 Å². The summed E-state index contributed by atoms with van der Waals surface area (Å²) in [6, 6.07) is 13.4. The number of amides is 1. The number of aromatic nitrogens is 5. The van der Waals surface area contributed by atoms with E-state index in [-0.39, 0.29) is 0 Å². The predicted molar refractivity (Wildman–Crippen MR) is 106 cm³/mol. The molecule has 1 amide bonds. The zero-order valence-electron chi connectivity index (χ0n) is 15.3. The first-order valence-corrected chi connectivity index (χ1v) is 8.94. The van der Waals surface area contributed by atoms with Gasteiger partial charge in [0, 0.05) is 19.2 Å². The van der Waals surface area contributed by atoms with Crippen LogP contribution < -0.4 is 11.1 Å². The fourth-order valence-corrected chi connectivity index (χ4v) is 2.93. The third kappa shape index (κ3) is 3.39. The van der Waals surface area contributed by atoms with Crippen LogP contribution in [0, 0.1) is 0 Å². The summed E-state index contributed by atoms with van der Waals surface area (Å²) in [7, 11) is 0. The van der Waals surface area contributed by atoms with Crippen molar-refractivity contribution in [3.63, 3.8) is 0 Å². The van der Waals surface area contributed by atoms with Crippen molar-refractivity contribution in [3.8, 4) is 11.6 Å². The summed E-state index contributed by atoms with van der Waals surface area (Å²) >= 11 is 0. The quantitative estimate of drug-likeness (QED) is 0.537. The van der Waals surface area contributed by atoms with Gasteiger partial charge in [0.1, 0.15) is 5.82 Å². The summed E-state index contributed by atoms with van der Waals surface area (Å²) in [5, 5.41) is 3.24. The van der Waals surface area contributed by atoms with Gasteiger partial charge in [0.25, 0.3) is 5.91 Å². The molecule has 8 heteroatoms. The maximum absolute atomic E-state index is 11.7. The molecule has 140 valence electrons. The van der Waals surface area contributed by atoms with Gasteiger partial charge in [0.2, 0.25) is 11.8 Å². The zero-order chi connectivity index (χ0) is 19.5. The van der Waals surface area contributed by atoms with E-state index in [0.29, 0.717) is 47.5 Å². The molecule has 0 saturated heterocycles. The molecule has 3 N–H and O–H groups in total. The number of hydrogen-bond donors (Lipinski definition) is 2. The minimum absolute atomic E-state index is 0.397. The minimum atomic E-state index is -0.507. The maximum atomic E-state index is 11.7. The number of fused-ring (bicyclic) bond motifs is 1. The minimum Gasteiger partial charge on any atom is -0.366 e. The molecule has 8 nitrogen and oxygen atoms in total. The Kier molecular flexibility index (Phi) is 4.67. The fourth-order valence-electron chi connectivity index (χ4n) is 2.93. The molecule has 0 fully saturated rings. The summed E-state index contributed by atoms with van der Waals surface area (Å²) < 4.78 is 1.76. The topological polar surface area (TPSA) is 111 Å². The van der Waals surface area contributed by atoms with E-state index in [2.05, 4.69) is 25.3 Å². The van der Waals surface area contributed by atoms with Gasteiger partial charge in [-0.15, -0.1) is 0 Å². The molecule has 1 aromatic carbocycles. The van der Waals surface area contributed by atoms with E-state index in [1.165, 1.54) is 0 Å². The second kappa shape index (κ2) is 7.43. The van der Waals surface area contributed by atoms with Crippen molar-refractivity contribution >= 4 is 17.4 Å². The van der Waals surface area contributed by atoms with Gasteiger partial charge >= 0.3 is 0 Å². The molecule has 4 aromatic rings. The first kappa shape index (κ1) is 17.6. The number of hydrogen-bond acceptors (Lipinski definition) is 6. The van der Waals surface area contributed by atoms with E-state index >= 15 is 0 Å². The number of imidazole rings is 1. The fraction of sp³-hybridized carbons (Fsp3) is 0.150. The Bertz CT molecular complexity index is 1140. The molecule has 0 spiro atoms. The van der Waals surface area contributed by atoms with E-state index < -0.39 is 5.91 Å². The lowest BCUT2D eigenvalue weighted by Gasteiger charge is -2.08. The molecule has 0 aliphatic rings. The number of benzene rings is 1. The predicted octanol–water partition coefficient (Wildman–Crippen LogP) is 2.46. The van der Waals surface area contributed by atoms with Gasteiger partial charge in [0.15, 0.2) is 5.82 Å². The van der Waals surface area contributed by atoms with Gasteiger partial charge in [-0.05, 0) is 17.7 Å². The number of anilines is 1. The molecule has 0 unspecified atom stereocenters. The van der Waals surface area contributed by atoms with Crippen molar-refractivity contribution in [1.82, 2.24) is 24.3 Å². The van der Waals surface area contributed by atoms with Crippen LogP contribution >= 0.6 is 0 Å². The summed E-state index contributed by atoms with van der Waals surface area (Å²) in [6.45, 7) is 2.58. The highest BCUT2D eigenvalue weighted by Gasteiger charge is 2.16. The van der Waals surface area contributed by atoms with E-state index in [1.54, 1.807) is 28.9 Å². The van der Waals surface area contributed by atoms with Crippen molar-refractivity contribution in [2.24, 2.45) is 5.73 Å². The first-order chi connectivity index (χ1) is 13.7. The normalized spacial score (nSPS) is 10.9. The van der Waals surface area contributed by atoms with Gasteiger partial charge < -0.3 is 11.1 Å². The molecule has 3 heterocycles. The van der Waals surface area contributed by atoms with Crippen molar-refractivity contribution in [1.29, 1.82) is 0 Å². The zero-order valence-corrected chi connectivity index (χ0v) is 15.3. The second-order valence-corrected chi connectivity index (χ2v) is 6.21. The van der Waals surface area contributed by atoms with Crippen LogP contribution in [0.2, 0.25) is 0 Å². The highest BCUT2D eigenvalue weighted by Crippen LogP contribution is 2.20. The maximum Gasteiger partial charge on any atom is 0.250 e. The molecule has 0 radical (unpaired) electrons. The number of nitrogens with one attached hydrogen (secondary N) is 1. The lowest BCUT2D eigenvalue weighted by molar-refractivity contribution is 0.100. The van der Waals surface area contributed by atoms with E-state index in [1.807, 2.05) is 37.3 Å². The molecular formula is C20H19N7O. The summed E-state index contributed by atoms with van der Waals surface area (Å²) in [4.78, 5) is 29.6. The van der Waals surface area contributed by atoms with E-state index in [9.17, 15) is 4.79 Å². The van der Waals surface area contributed by atoms with Gasteiger partial charge in [-0.3, -0.25) is 9.20 Å². The van der Waals surface area contributed by atoms with Gasteiger partial charge in [-0.2, -0.15) is 9.97 Å². The first-order valence-electron chi connectivity index (χ1n) is 8.94. The van der Waals surface area contributed by atoms with Crippen LogP contribution in [0.1, 0.15) is 28.7 Å². The Morgan fingerprint density at radius 3 is 2.68 bits per heavy atom. The largest absolute Gasteiger partial charge is 0.366 e.